The van der Waals surface area contributed by atoms with Gasteiger partial charge in [0.15, 0.2) is 11.5 Å². The molecule has 0 fully saturated rings. The van der Waals surface area contributed by atoms with E-state index in [4.69, 9.17) is 9.47 Å². The van der Waals surface area contributed by atoms with E-state index in [-0.39, 0.29) is 19.2 Å². The van der Waals surface area contributed by atoms with E-state index in [1.807, 2.05) is 31.2 Å². The summed E-state index contributed by atoms with van der Waals surface area (Å²) in [5.41, 5.74) is 8.82. The van der Waals surface area contributed by atoms with Crippen LogP contribution in [0.25, 0.3) is 5.69 Å². The number of hydrogen-bond acceptors (Lipinski definition) is 5. The average molecular weight is 404 g/mol. The van der Waals surface area contributed by atoms with Gasteiger partial charge in [-0.2, -0.15) is 5.10 Å². The molecule has 0 radical (unpaired) electrons. The van der Waals surface area contributed by atoms with Crippen LogP contribution < -0.4 is 20.2 Å². The van der Waals surface area contributed by atoms with Crippen LogP contribution in [0.3, 0.4) is 0 Å². The van der Waals surface area contributed by atoms with E-state index in [1.54, 1.807) is 12.3 Å². The number of carbonyl (C=O) groups is 1. The Hall–Kier alpha value is -3.74. The maximum absolute atomic E-state index is 12.1. The summed E-state index contributed by atoms with van der Waals surface area (Å²) in [4.78, 5) is 12.1. The Morgan fingerprint density at radius 1 is 1.10 bits per heavy atom. The highest BCUT2D eigenvalue weighted by atomic mass is 16.7. The SMILES string of the molecule is Cc1ccccc1-n1c(C)cc(/C=N\NC(=O)CNc2ccc3c(c2)OCO3)c1C. The highest BCUT2D eigenvalue weighted by Gasteiger charge is 2.13. The number of benzene rings is 2. The molecule has 2 aromatic carbocycles. The van der Waals surface area contributed by atoms with Gasteiger partial charge in [0.1, 0.15) is 0 Å². The summed E-state index contributed by atoms with van der Waals surface area (Å²) in [5, 5.41) is 7.17. The number of carbonyl (C=O) groups excluding carboxylic acids is 1. The second-order valence-electron chi connectivity index (χ2n) is 7.16. The van der Waals surface area contributed by atoms with Crippen molar-refractivity contribution in [2.45, 2.75) is 20.8 Å². The number of hydrazone groups is 1. The highest BCUT2D eigenvalue weighted by Crippen LogP contribution is 2.34. The molecule has 154 valence electrons. The van der Waals surface area contributed by atoms with Crippen LogP contribution in [0, 0.1) is 20.8 Å². The van der Waals surface area contributed by atoms with Crippen LogP contribution >= 0.6 is 0 Å². The lowest BCUT2D eigenvalue weighted by Crippen LogP contribution is -2.25. The van der Waals surface area contributed by atoms with Crippen molar-refractivity contribution < 1.29 is 14.3 Å². The molecule has 7 nitrogen and oxygen atoms in total. The minimum absolute atomic E-state index is 0.0964. The fourth-order valence-electron chi connectivity index (χ4n) is 3.51. The van der Waals surface area contributed by atoms with Gasteiger partial charge in [-0.3, -0.25) is 4.79 Å². The molecule has 0 spiro atoms. The van der Waals surface area contributed by atoms with Crippen molar-refractivity contribution in [2.75, 3.05) is 18.7 Å². The predicted molar refractivity (Wildman–Crippen MR) is 117 cm³/mol. The van der Waals surface area contributed by atoms with Gasteiger partial charge in [0.2, 0.25) is 6.79 Å². The smallest absolute Gasteiger partial charge is 0.259 e. The largest absolute Gasteiger partial charge is 0.454 e. The van der Waals surface area contributed by atoms with Crippen LogP contribution in [-0.4, -0.2) is 30.0 Å². The molecule has 0 atom stereocenters. The first-order chi connectivity index (χ1) is 14.5. The van der Waals surface area contributed by atoms with Gasteiger partial charge in [-0.25, -0.2) is 5.43 Å². The lowest BCUT2D eigenvalue weighted by Gasteiger charge is -2.12. The van der Waals surface area contributed by atoms with Gasteiger partial charge in [-0.15, -0.1) is 0 Å². The highest BCUT2D eigenvalue weighted by molar-refractivity contribution is 5.85. The van der Waals surface area contributed by atoms with Gasteiger partial charge in [0.05, 0.1) is 12.8 Å². The van der Waals surface area contributed by atoms with Gasteiger partial charge in [0, 0.05) is 34.4 Å². The van der Waals surface area contributed by atoms with E-state index >= 15 is 0 Å². The standard InChI is InChI=1S/C23H24N4O3/c1-15-6-4-5-7-20(15)27-16(2)10-18(17(27)3)12-25-26-23(28)13-24-19-8-9-21-22(11-19)30-14-29-21/h4-12,24H,13-14H2,1-3H3,(H,26,28)/b25-12-. The molecule has 1 aromatic heterocycles. The second kappa shape index (κ2) is 8.32. The molecule has 1 amide bonds. The monoisotopic (exact) mass is 404 g/mol. The zero-order chi connectivity index (χ0) is 21.1. The fourth-order valence-corrected chi connectivity index (χ4v) is 3.51. The summed E-state index contributed by atoms with van der Waals surface area (Å²) in [6.07, 6.45) is 1.68. The number of nitrogens with zero attached hydrogens (tertiary/aromatic N) is 2. The van der Waals surface area contributed by atoms with E-state index in [9.17, 15) is 4.79 Å². The molecule has 0 unspecified atom stereocenters. The van der Waals surface area contributed by atoms with E-state index in [0.29, 0.717) is 11.5 Å². The summed E-state index contributed by atoms with van der Waals surface area (Å²) >= 11 is 0. The molecule has 3 aromatic rings. The van der Waals surface area contributed by atoms with Crippen LogP contribution in [-0.2, 0) is 4.79 Å². The molecule has 2 heterocycles. The van der Waals surface area contributed by atoms with Crippen LogP contribution in [0.15, 0.2) is 53.6 Å². The third-order valence-corrected chi connectivity index (χ3v) is 5.05. The number of anilines is 1. The number of amides is 1. The minimum atomic E-state index is -0.239. The maximum Gasteiger partial charge on any atom is 0.259 e. The zero-order valence-corrected chi connectivity index (χ0v) is 17.2. The number of ether oxygens (including phenoxy) is 2. The van der Waals surface area contributed by atoms with Crippen molar-refractivity contribution >= 4 is 17.8 Å². The van der Waals surface area contributed by atoms with Crippen LogP contribution in [0.4, 0.5) is 5.69 Å². The number of para-hydroxylation sites is 1. The molecule has 0 aliphatic carbocycles. The van der Waals surface area contributed by atoms with Crippen LogP contribution in [0.1, 0.15) is 22.5 Å². The Morgan fingerprint density at radius 3 is 2.73 bits per heavy atom. The Morgan fingerprint density at radius 2 is 1.90 bits per heavy atom. The van der Waals surface area contributed by atoms with Gasteiger partial charge >= 0.3 is 0 Å². The van der Waals surface area contributed by atoms with Crippen molar-refractivity contribution in [3.05, 3.63) is 71.0 Å². The molecule has 0 saturated heterocycles. The average Bonchev–Trinajstić information content (AvgIpc) is 3.31. The summed E-state index contributed by atoms with van der Waals surface area (Å²) in [6.45, 7) is 6.52. The van der Waals surface area contributed by atoms with Gasteiger partial charge in [-0.05, 0) is 50.6 Å². The van der Waals surface area contributed by atoms with E-state index in [0.717, 1.165) is 28.3 Å². The summed E-state index contributed by atoms with van der Waals surface area (Å²) in [7, 11) is 0. The molecular weight excluding hydrogens is 380 g/mol. The molecule has 0 saturated carbocycles. The topological polar surface area (TPSA) is 76.9 Å². The van der Waals surface area contributed by atoms with Crippen molar-refractivity contribution in [3.63, 3.8) is 0 Å². The number of aryl methyl sites for hydroxylation is 2. The summed E-state index contributed by atoms with van der Waals surface area (Å²) in [5.74, 6) is 1.14. The van der Waals surface area contributed by atoms with Gasteiger partial charge in [-0.1, -0.05) is 18.2 Å². The number of nitrogens with one attached hydrogen (secondary N) is 2. The lowest BCUT2D eigenvalue weighted by molar-refractivity contribution is -0.119. The lowest BCUT2D eigenvalue weighted by atomic mass is 10.2. The second-order valence-corrected chi connectivity index (χ2v) is 7.16. The molecule has 2 N–H and O–H groups in total. The molecular formula is C23H24N4O3. The maximum atomic E-state index is 12.1. The summed E-state index contributed by atoms with van der Waals surface area (Å²) < 4.78 is 12.8. The van der Waals surface area contributed by atoms with Crippen molar-refractivity contribution in [1.82, 2.24) is 9.99 Å². The summed E-state index contributed by atoms with van der Waals surface area (Å²) in [6, 6.07) is 15.8. The van der Waals surface area contributed by atoms with E-state index < -0.39 is 0 Å². The van der Waals surface area contributed by atoms with Crippen LogP contribution in [0.5, 0.6) is 11.5 Å². The predicted octanol–water partition coefficient (Wildman–Crippen LogP) is 3.69. The minimum Gasteiger partial charge on any atom is -0.454 e. The molecule has 1 aliphatic rings. The number of rotatable bonds is 6. The normalized spacial score (nSPS) is 12.4. The Kier molecular flexibility index (Phi) is 5.43. The fraction of sp³-hybridized carbons (Fsp3) is 0.217. The number of hydrogen-bond donors (Lipinski definition) is 2. The third-order valence-electron chi connectivity index (χ3n) is 5.05. The first kappa shape index (κ1) is 19.6. The Balaban J connectivity index is 1.37. The quantitative estimate of drug-likeness (QED) is 0.485. The number of aromatic nitrogens is 1. The van der Waals surface area contributed by atoms with Gasteiger partial charge < -0.3 is 19.4 Å². The molecule has 1 aliphatic heterocycles. The third kappa shape index (κ3) is 4.00. The van der Waals surface area contributed by atoms with E-state index in [2.05, 4.69) is 52.5 Å². The molecule has 0 bridgehead atoms. The molecule has 4 rings (SSSR count). The van der Waals surface area contributed by atoms with Crippen LogP contribution in [0.2, 0.25) is 0 Å². The first-order valence-corrected chi connectivity index (χ1v) is 9.73. The zero-order valence-electron chi connectivity index (χ0n) is 17.2. The van der Waals surface area contributed by atoms with Crippen molar-refractivity contribution in [3.8, 4) is 17.2 Å². The molecule has 30 heavy (non-hydrogen) atoms. The molecule has 7 heteroatoms. The number of fused-ring (bicyclic) bond motifs is 1. The first-order valence-electron chi connectivity index (χ1n) is 9.73. The van der Waals surface area contributed by atoms with Gasteiger partial charge in [0.25, 0.3) is 5.91 Å². The van der Waals surface area contributed by atoms with E-state index in [1.165, 1.54) is 5.56 Å². The Labute approximate surface area is 175 Å². The Bertz CT molecular complexity index is 1120. The van der Waals surface area contributed by atoms with Crippen molar-refractivity contribution in [2.24, 2.45) is 5.10 Å². The van der Waals surface area contributed by atoms with Crippen molar-refractivity contribution in [1.29, 1.82) is 0 Å².